The number of carbonyl (C=O) groups excluding carboxylic acids is 3. The molecule has 0 bridgehead atoms. The first-order chi connectivity index (χ1) is 18.6. The minimum Gasteiger partial charge on any atom is -0.495 e. The highest BCUT2D eigenvalue weighted by Gasteiger charge is 2.19. The van der Waals surface area contributed by atoms with E-state index in [4.69, 9.17) is 4.74 Å². The highest BCUT2D eigenvalue weighted by molar-refractivity contribution is 6.01. The Labute approximate surface area is 225 Å². The molecule has 1 heterocycles. The molecule has 1 atom stereocenters. The van der Waals surface area contributed by atoms with Crippen molar-refractivity contribution in [2.75, 3.05) is 24.3 Å². The van der Waals surface area contributed by atoms with Crippen LogP contribution in [0.2, 0.25) is 0 Å². The Hall–Kier alpha value is -4.71. The molecule has 3 amide bonds. The molecule has 0 aliphatic carbocycles. The summed E-state index contributed by atoms with van der Waals surface area (Å²) in [5, 5.41) is 24.5. The lowest BCUT2D eigenvalue weighted by Gasteiger charge is -2.13. The predicted molar refractivity (Wildman–Crippen MR) is 145 cm³/mol. The van der Waals surface area contributed by atoms with Crippen molar-refractivity contribution in [1.82, 2.24) is 20.4 Å². The van der Waals surface area contributed by atoms with E-state index in [-0.39, 0.29) is 25.3 Å². The van der Waals surface area contributed by atoms with Gasteiger partial charge < -0.3 is 31.1 Å². The zero-order valence-corrected chi connectivity index (χ0v) is 22.0. The number of rotatable bonds is 13. The van der Waals surface area contributed by atoms with Gasteiger partial charge in [0.15, 0.2) is 5.78 Å². The lowest BCUT2D eigenvalue weighted by atomic mass is 10.1. The molecule has 206 valence electrons. The van der Waals surface area contributed by atoms with Gasteiger partial charge in [-0.2, -0.15) is 5.10 Å². The van der Waals surface area contributed by atoms with Crippen molar-refractivity contribution in [2.24, 2.45) is 0 Å². The number of benzene rings is 2. The number of Topliss-reactive ketones (excluding diaryl/α,β-unsaturated/α-hetero) is 1. The summed E-state index contributed by atoms with van der Waals surface area (Å²) in [6, 6.07) is 12.8. The van der Waals surface area contributed by atoms with Gasteiger partial charge in [-0.3, -0.25) is 14.3 Å². The standard InChI is InChI=1S/C27H32N6O6/c1-17-6-4-5-7-22(17)30-27(38)31-23-9-8-19(13-25(23)39-3)12-21(35)15-28-14-20-10-11-33(32-20)16-24(26(36)37)29-18(2)34/h4-11,13,24,28H,12,14-16H2,1-3H3,(H,29,34)(H,36,37)(H2,30,31,38). The van der Waals surface area contributed by atoms with Crippen molar-refractivity contribution in [3.8, 4) is 5.75 Å². The third kappa shape index (κ3) is 8.97. The van der Waals surface area contributed by atoms with Crippen LogP contribution in [0, 0.1) is 6.92 Å². The second-order valence-electron chi connectivity index (χ2n) is 8.87. The summed E-state index contributed by atoms with van der Waals surface area (Å²) in [6.07, 6.45) is 1.77. The zero-order chi connectivity index (χ0) is 28.4. The van der Waals surface area contributed by atoms with Crippen LogP contribution in [0.1, 0.15) is 23.7 Å². The molecule has 12 nitrogen and oxygen atoms in total. The number of aliphatic carboxylic acids is 1. The number of nitrogens with zero attached hydrogens (tertiary/aromatic N) is 2. The van der Waals surface area contributed by atoms with E-state index in [1.807, 2.05) is 31.2 Å². The second-order valence-corrected chi connectivity index (χ2v) is 8.87. The Morgan fingerprint density at radius 1 is 1.05 bits per heavy atom. The van der Waals surface area contributed by atoms with Gasteiger partial charge in [-0.05, 0) is 42.3 Å². The number of ketones is 1. The summed E-state index contributed by atoms with van der Waals surface area (Å²) >= 11 is 0. The third-order valence-electron chi connectivity index (χ3n) is 5.68. The van der Waals surface area contributed by atoms with Gasteiger partial charge in [-0.15, -0.1) is 0 Å². The molecule has 0 radical (unpaired) electrons. The Balaban J connectivity index is 1.48. The highest BCUT2D eigenvalue weighted by Crippen LogP contribution is 2.26. The molecule has 12 heteroatoms. The monoisotopic (exact) mass is 536 g/mol. The molecule has 0 saturated carbocycles. The SMILES string of the molecule is COc1cc(CC(=O)CNCc2ccn(CC(NC(C)=O)C(=O)O)n2)ccc1NC(=O)Nc1ccccc1C. The fourth-order valence-corrected chi connectivity index (χ4v) is 3.78. The minimum absolute atomic E-state index is 0.0198. The number of para-hydroxylation sites is 1. The number of hydrogen-bond donors (Lipinski definition) is 5. The maximum absolute atomic E-state index is 12.5. The molecule has 1 aromatic heterocycles. The normalized spacial score (nSPS) is 11.4. The number of anilines is 2. The van der Waals surface area contributed by atoms with Gasteiger partial charge in [0, 0.05) is 31.8 Å². The number of hydrogen-bond acceptors (Lipinski definition) is 7. The first kappa shape index (κ1) is 28.9. The molecule has 0 aliphatic heterocycles. The molecule has 39 heavy (non-hydrogen) atoms. The third-order valence-corrected chi connectivity index (χ3v) is 5.68. The summed E-state index contributed by atoms with van der Waals surface area (Å²) in [5.41, 5.74) is 3.45. The van der Waals surface area contributed by atoms with Crippen LogP contribution in [-0.2, 0) is 33.9 Å². The van der Waals surface area contributed by atoms with Crippen LogP contribution in [-0.4, -0.2) is 58.3 Å². The fourth-order valence-electron chi connectivity index (χ4n) is 3.78. The van der Waals surface area contributed by atoms with Crippen LogP contribution >= 0.6 is 0 Å². The molecule has 5 N–H and O–H groups in total. The summed E-state index contributed by atoms with van der Waals surface area (Å²) in [6.45, 7) is 3.53. The fraction of sp³-hybridized carbons (Fsp3) is 0.296. The molecular weight excluding hydrogens is 504 g/mol. The Kier molecular flexibility index (Phi) is 10.2. The Bertz CT molecular complexity index is 1340. The van der Waals surface area contributed by atoms with E-state index in [1.54, 1.807) is 30.5 Å². The highest BCUT2D eigenvalue weighted by atomic mass is 16.5. The van der Waals surface area contributed by atoms with E-state index in [9.17, 15) is 24.3 Å². The maximum Gasteiger partial charge on any atom is 0.328 e. The van der Waals surface area contributed by atoms with E-state index in [0.717, 1.165) is 11.1 Å². The zero-order valence-electron chi connectivity index (χ0n) is 22.0. The topological polar surface area (TPSA) is 164 Å². The van der Waals surface area contributed by atoms with Crippen LogP contribution < -0.4 is 26.0 Å². The summed E-state index contributed by atoms with van der Waals surface area (Å²) < 4.78 is 6.83. The number of ether oxygens (including phenoxy) is 1. The van der Waals surface area contributed by atoms with Crippen LogP contribution in [0.3, 0.4) is 0 Å². The number of urea groups is 1. The van der Waals surface area contributed by atoms with E-state index in [1.165, 1.54) is 18.7 Å². The van der Waals surface area contributed by atoms with Gasteiger partial charge in [0.2, 0.25) is 5.91 Å². The number of methoxy groups -OCH3 is 1. The van der Waals surface area contributed by atoms with Crippen molar-refractivity contribution < 1.29 is 29.0 Å². The molecule has 3 rings (SSSR count). The number of amides is 3. The van der Waals surface area contributed by atoms with Crippen LogP contribution in [0.25, 0.3) is 0 Å². The van der Waals surface area contributed by atoms with Gasteiger partial charge >= 0.3 is 12.0 Å². The number of aromatic nitrogens is 2. The molecule has 2 aromatic carbocycles. The van der Waals surface area contributed by atoms with Crippen molar-refractivity contribution in [2.45, 2.75) is 39.4 Å². The molecule has 1 unspecified atom stereocenters. The van der Waals surface area contributed by atoms with E-state index < -0.39 is 23.9 Å². The van der Waals surface area contributed by atoms with Crippen molar-refractivity contribution in [1.29, 1.82) is 0 Å². The van der Waals surface area contributed by atoms with Crippen LogP contribution in [0.4, 0.5) is 16.2 Å². The number of carboxylic acids is 1. The quantitative estimate of drug-likeness (QED) is 0.222. The molecule has 3 aromatic rings. The van der Waals surface area contributed by atoms with Crippen molar-refractivity contribution >= 4 is 35.1 Å². The van der Waals surface area contributed by atoms with Crippen LogP contribution in [0.15, 0.2) is 54.7 Å². The van der Waals surface area contributed by atoms with E-state index in [2.05, 4.69) is 26.4 Å². The lowest BCUT2D eigenvalue weighted by molar-refractivity contribution is -0.142. The summed E-state index contributed by atoms with van der Waals surface area (Å²) in [4.78, 5) is 47.4. The maximum atomic E-state index is 12.5. The molecular formula is C27H32N6O6. The molecule has 0 spiro atoms. The predicted octanol–water partition coefficient (Wildman–Crippen LogP) is 2.33. The van der Waals surface area contributed by atoms with Gasteiger partial charge in [-0.1, -0.05) is 24.3 Å². The van der Waals surface area contributed by atoms with Gasteiger partial charge in [0.05, 0.1) is 31.6 Å². The Morgan fingerprint density at radius 3 is 2.49 bits per heavy atom. The van der Waals surface area contributed by atoms with Gasteiger partial charge in [0.1, 0.15) is 11.8 Å². The smallest absolute Gasteiger partial charge is 0.328 e. The number of nitrogens with one attached hydrogen (secondary N) is 4. The van der Waals surface area contributed by atoms with Gasteiger partial charge in [-0.25, -0.2) is 9.59 Å². The van der Waals surface area contributed by atoms with Gasteiger partial charge in [0.25, 0.3) is 0 Å². The number of carboxylic acid groups (broad SMARTS) is 1. The number of aryl methyl sites for hydroxylation is 1. The average molecular weight is 537 g/mol. The largest absolute Gasteiger partial charge is 0.495 e. The number of carbonyl (C=O) groups is 4. The summed E-state index contributed by atoms with van der Waals surface area (Å²) in [5.74, 6) is -1.23. The molecule has 0 fully saturated rings. The first-order valence-electron chi connectivity index (χ1n) is 12.2. The summed E-state index contributed by atoms with van der Waals surface area (Å²) in [7, 11) is 1.49. The minimum atomic E-state index is -1.16. The van der Waals surface area contributed by atoms with Crippen molar-refractivity contribution in [3.05, 3.63) is 71.5 Å². The van der Waals surface area contributed by atoms with E-state index in [0.29, 0.717) is 29.4 Å². The molecule has 0 saturated heterocycles. The van der Waals surface area contributed by atoms with Crippen LogP contribution in [0.5, 0.6) is 5.75 Å². The Morgan fingerprint density at radius 2 is 1.79 bits per heavy atom. The average Bonchev–Trinajstić information content (AvgIpc) is 3.32. The first-order valence-corrected chi connectivity index (χ1v) is 12.2. The second kappa shape index (κ2) is 13.7. The lowest BCUT2D eigenvalue weighted by Crippen LogP contribution is -2.42. The van der Waals surface area contributed by atoms with E-state index >= 15 is 0 Å². The molecule has 0 aliphatic rings. The van der Waals surface area contributed by atoms with Crippen molar-refractivity contribution in [3.63, 3.8) is 0 Å².